The van der Waals surface area contributed by atoms with Crippen molar-refractivity contribution in [2.75, 3.05) is 6.54 Å². The number of carbonyl (C=O) groups excluding carboxylic acids is 1. The predicted octanol–water partition coefficient (Wildman–Crippen LogP) is 0.201. The highest BCUT2D eigenvalue weighted by molar-refractivity contribution is 6.92. The molecule has 0 radical (unpaired) electrons. The van der Waals surface area contributed by atoms with Gasteiger partial charge in [-0.3, -0.25) is 4.79 Å². The Labute approximate surface area is 47.3 Å². The maximum absolute atomic E-state index is 9.93. The molecule has 0 aromatic carbocycles. The van der Waals surface area contributed by atoms with Crippen molar-refractivity contribution < 1.29 is 4.79 Å². The number of hydrogen-bond acceptors (Lipinski definition) is 1. The molecule has 1 atom stereocenters. The Morgan fingerprint density at radius 3 is 2.14 bits per heavy atom. The molecule has 44 valence electrons. The fraction of sp³-hybridized carbons (Fsp3) is 0.750. The Balaban J connectivity index is 0. The number of amides is 1. The highest BCUT2D eigenvalue weighted by atomic mass is 31.0. The Hall–Kier alpha value is -0.100. The Morgan fingerprint density at radius 1 is 1.71 bits per heavy atom. The largest absolute Gasteiger partial charge is 0.357 e. The van der Waals surface area contributed by atoms with Gasteiger partial charge < -0.3 is 5.32 Å². The fourth-order valence-electron chi connectivity index (χ4n) is 0.249. The molecular formula is C4H12NOP. The van der Waals surface area contributed by atoms with Crippen molar-refractivity contribution in [2.24, 2.45) is 0 Å². The molecule has 7 heavy (non-hydrogen) atoms. The highest BCUT2D eigenvalue weighted by Crippen LogP contribution is 1.54. The minimum Gasteiger partial charge on any atom is -0.357 e. The lowest BCUT2D eigenvalue weighted by molar-refractivity contribution is -0.118. The highest BCUT2D eigenvalue weighted by Gasteiger charge is 1.78. The zero-order valence-corrected chi connectivity index (χ0v) is 6.24. The summed E-state index contributed by atoms with van der Waals surface area (Å²) in [5.74, 6) is 0.0394. The van der Waals surface area contributed by atoms with E-state index in [4.69, 9.17) is 0 Å². The van der Waals surface area contributed by atoms with Crippen LogP contribution in [0.1, 0.15) is 13.8 Å². The normalized spacial score (nSPS) is 6.57. The van der Waals surface area contributed by atoms with Crippen molar-refractivity contribution in [3.63, 3.8) is 0 Å². The van der Waals surface area contributed by atoms with Gasteiger partial charge in [-0.05, 0) is 6.92 Å². The summed E-state index contributed by atoms with van der Waals surface area (Å²) in [6, 6.07) is 0. The van der Waals surface area contributed by atoms with Gasteiger partial charge in [0.05, 0.1) is 0 Å². The molecule has 0 aromatic heterocycles. The van der Waals surface area contributed by atoms with E-state index in [-0.39, 0.29) is 15.8 Å². The first-order chi connectivity index (χ1) is 2.77. The monoisotopic (exact) mass is 121 g/mol. The molecule has 3 heteroatoms. The van der Waals surface area contributed by atoms with Gasteiger partial charge in [-0.25, -0.2) is 0 Å². The molecule has 0 saturated heterocycles. The topological polar surface area (TPSA) is 29.1 Å². The van der Waals surface area contributed by atoms with Crippen LogP contribution in [-0.4, -0.2) is 12.5 Å². The zero-order valence-electron chi connectivity index (χ0n) is 4.82. The van der Waals surface area contributed by atoms with Gasteiger partial charge in [0.2, 0.25) is 5.91 Å². The van der Waals surface area contributed by atoms with Gasteiger partial charge in [-0.1, -0.05) is 0 Å². The molecule has 1 amide bonds. The lowest BCUT2D eigenvalue weighted by Crippen LogP contribution is -2.18. The van der Waals surface area contributed by atoms with E-state index in [9.17, 15) is 4.79 Å². The first-order valence-corrected chi connectivity index (χ1v) is 2.01. The van der Waals surface area contributed by atoms with Crippen LogP contribution >= 0.6 is 9.90 Å². The third-order valence-electron chi connectivity index (χ3n) is 0.426. The van der Waals surface area contributed by atoms with Gasteiger partial charge in [0.25, 0.3) is 0 Å². The first kappa shape index (κ1) is 10.0. The van der Waals surface area contributed by atoms with Crippen molar-refractivity contribution in [1.82, 2.24) is 5.32 Å². The van der Waals surface area contributed by atoms with Crippen LogP contribution in [0.25, 0.3) is 0 Å². The van der Waals surface area contributed by atoms with Gasteiger partial charge in [-0.15, -0.1) is 0 Å². The number of hydrogen-bond donors (Lipinski definition) is 1. The SMILES string of the molecule is CCNC(C)=O.P. The zero-order chi connectivity index (χ0) is 4.99. The molecule has 0 aliphatic carbocycles. The van der Waals surface area contributed by atoms with Gasteiger partial charge in [-0.2, -0.15) is 9.90 Å². The van der Waals surface area contributed by atoms with Gasteiger partial charge >= 0.3 is 0 Å². The third-order valence-corrected chi connectivity index (χ3v) is 0.426. The first-order valence-electron chi connectivity index (χ1n) is 2.01. The van der Waals surface area contributed by atoms with Crippen molar-refractivity contribution in [3.8, 4) is 0 Å². The van der Waals surface area contributed by atoms with E-state index < -0.39 is 0 Å². The molecule has 1 unspecified atom stereocenters. The summed E-state index contributed by atoms with van der Waals surface area (Å²) < 4.78 is 0. The molecule has 0 bridgehead atoms. The molecule has 1 N–H and O–H groups in total. The van der Waals surface area contributed by atoms with E-state index in [1.165, 1.54) is 6.92 Å². The standard InChI is InChI=1S/C4H9NO.H3P/c1-3-5-4(2)6;/h3H2,1-2H3,(H,5,6);1H3. The second-order valence-electron chi connectivity index (χ2n) is 1.09. The summed E-state index contributed by atoms with van der Waals surface area (Å²) in [5.41, 5.74) is 0. The maximum atomic E-state index is 9.93. The van der Waals surface area contributed by atoms with Crippen LogP contribution in [0.3, 0.4) is 0 Å². The average Bonchev–Trinajstić information content (AvgIpc) is 1.35. The van der Waals surface area contributed by atoms with E-state index in [0.29, 0.717) is 0 Å². The number of rotatable bonds is 1. The van der Waals surface area contributed by atoms with Crippen LogP contribution in [-0.2, 0) is 4.79 Å². The molecule has 0 aliphatic rings. The Morgan fingerprint density at radius 2 is 2.14 bits per heavy atom. The maximum Gasteiger partial charge on any atom is 0.216 e. The Kier molecular flexibility index (Phi) is 8.43. The molecule has 0 aromatic rings. The van der Waals surface area contributed by atoms with Crippen molar-refractivity contribution in [3.05, 3.63) is 0 Å². The molecule has 0 heterocycles. The molecule has 0 fully saturated rings. The summed E-state index contributed by atoms with van der Waals surface area (Å²) in [4.78, 5) is 9.93. The van der Waals surface area contributed by atoms with E-state index in [2.05, 4.69) is 5.32 Å². The van der Waals surface area contributed by atoms with Crippen molar-refractivity contribution >= 4 is 15.8 Å². The molecule has 0 saturated carbocycles. The molecule has 0 spiro atoms. The second-order valence-corrected chi connectivity index (χ2v) is 1.09. The predicted molar refractivity (Wildman–Crippen MR) is 35.5 cm³/mol. The summed E-state index contributed by atoms with van der Waals surface area (Å²) in [7, 11) is 0. The molecule has 0 rings (SSSR count). The van der Waals surface area contributed by atoms with E-state index >= 15 is 0 Å². The summed E-state index contributed by atoms with van der Waals surface area (Å²) in [5, 5.41) is 2.57. The fourth-order valence-corrected chi connectivity index (χ4v) is 0.249. The van der Waals surface area contributed by atoms with Gasteiger partial charge in [0, 0.05) is 13.5 Å². The Bertz CT molecular complexity index is 55.7. The molecular weight excluding hydrogens is 109 g/mol. The van der Waals surface area contributed by atoms with Crippen LogP contribution in [0.4, 0.5) is 0 Å². The van der Waals surface area contributed by atoms with Gasteiger partial charge in [0.1, 0.15) is 0 Å². The number of nitrogens with one attached hydrogen (secondary N) is 1. The summed E-state index contributed by atoms with van der Waals surface area (Å²) >= 11 is 0. The van der Waals surface area contributed by atoms with Crippen LogP contribution in [0, 0.1) is 0 Å². The van der Waals surface area contributed by atoms with Crippen LogP contribution < -0.4 is 5.32 Å². The average molecular weight is 121 g/mol. The minimum atomic E-state index is 0. The lowest BCUT2D eigenvalue weighted by atomic mass is 10.6. The van der Waals surface area contributed by atoms with Crippen LogP contribution in [0.2, 0.25) is 0 Å². The van der Waals surface area contributed by atoms with E-state index in [1.54, 1.807) is 0 Å². The minimum absolute atomic E-state index is 0. The van der Waals surface area contributed by atoms with E-state index in [1.807, 2.05) is 6.92 Å². The summed E-state index contributed by atoms with van der Waals surface area (Å²) in [6.45, 7) is 4.13. The van der Waals surface area contributed by atoms with Crippen molar-refractivity contribution in [1.29, 1.82) is 0 Å². The smallest absolute Gasteiger partial charge is 0.216 e. The van der Waals surface area contributed by atoms with Crippen LogP contribution in [0.5, 0.6) is 0 Å². The van der Waals surface area contributed by atoms with E-state index in [0.717, 1.165) is 6.54 Å². The van der Waals surface area contributed by atoms with Crippen molar-refractivity contribution in [2.45, 2.75) is 13.8 Å². The van der Waals surface area contributed by atoms with Gasteiger partial charge in [0.15, 0.2) is 0 Å². The lowest BCUT2D eigenvalue weighted by Gasteiger charge is -1.88. The quantitative estimate of drug-likeness (QED) is 0.493. The molecule has 0 aliphatic heterocycles. The molecule has 2 nitrogen and oxygen atoms in total. The summed E-state index contributed by atoms with van der Waals surface area (Å²) in [6.07, 6.45) is 0. The third kappa shape index (κ3) is 10.7. The number of carbonyl (C=O) groups is 1. The second kappa shape index (κ2) is 5.90. The van der Waals surface area contributed by atoms with Crippen LogP contribution in [0.15, 0.2) is 0 Å².